The first-order chi connectivity index (χ1) is 13.0. The van der Waals surface area contributed by atoms with Gasteiger partial charge >= 0.3 is 10.1 Å². The summed E-state index contributed by atoms with van der Waals surface area (Å²) >= 11 is 0. The van der Waals surface area contributed by atoms with Crippen LogP contribution < -0.4 is 4.74 Å². The minimum Gasteiger partial charge on any atom is -0.487 e. The summed E-state index contributed by atoms with van der Waals surface area (Å²) in [6.45, 7) is 1.95. The first-order valence-electron chi connectivity index (χ1n) is 8.35. The molecule has 6 heteroatoms. The van der Waals surface area contributed by atoms with Crippen LogP contribution in [0, 0.1) is 6.92 Å². The van der Waals surface area contributed by atoms with E-state index >= 15 is 0 Å². The molecule has 0 saturated heterocycles. The smallest absolute Gasteiger partial charge is 0.358 e. The van der Waals surface area contributed by atoms with Crippen molar-refractivity contribution >= 4 is 15.8 Å². The molecule has 0 heterocycles. The van der Waals surface area contributed by atoms with Crippen molar-refractivity contribution in [3.8, 4) is 5.75 Å². The fraction of sp³-hybridized carbons (Fsp3) is 0.0952. The number of para-hydroxylation sites is 1. The molecule has 0 aromatic heterocycles. The summed E-state index contributed by atoms with van der Waals surface area (Å²) in [5, 5.41) is 3.88. The van der Waals surface area contributed by atoms with Gasteiger partial charge in [-0.25, -0.2) is 0 Å². The van der Waals surface area contributed by atoms with Crippen LogP contribution in [0.15, 0.2) is 95.0 Å². The molecule has 0 amide bonds. The van der Waals surface area contributed by atoms with E-state index in [0.29, 0.717) is 17.0 Å². The molecule has 27 heavy (non-hydrogen) atoms. The summed E-state index contributed by atoms with van der Waals surface area (Å²) in [4.78, 5) is 0.0493. The zero-order valence-corrected chi connectivity index (χ0v) is 15.6. The van der Waals surface area contributed by atoms with Crippen molar-refractivity contribution in [3.63, 3.8) is 0 Å². The van der Waals surface area contributed by atoms with Gasteiger partial charge in [-0.3, -0.25) is 4.28 Å². The van der Waals surface area contributed by atoms with E-state index in [-0.39, 0.29) is 11.5 Å². The molecule has 0 atom stereocenters. The topological polar surface area (TPSA) is 65.0 Å². The summed E-state index contributed by atoms with van der Waals surface area (Å²) < 4.78 is 35.4. The Morgan fingerprint density at radius 2 is 1.44 bits per heavy atom. The van der Waals surface area contributed by atoms with Crippen LogP contribution in [0.2, 0.25) is 0 Å². The number of benzene rings is 3. The Labute approximate surface area is 159 Å². The molecule has 3 aromatic carbocycles. The molecule has 0 spiro atoms. The van der Waals surface area contributed by atoms with E-state index in [9.17, 15) is 8.42 Å². The lowest BCUT2D eigenvalue weighted by atomic mass is 10.1. The summed E-state index contributed by atoms with van der Waals surface area (Å²) in [7, 11) is -4.01. The first-order valence-corrected chi connectivity index (χ1v) is 9.76. The fourth-order valence-corrected chi connectivity index (χ4v) is 3.05. The average Bonchev–Trinajstić information content (AvgIpc) is 2.70. The summed E-state index contributed by atoms with van der Waals surface area (Å²) in [5.41, 5.74) is 2.04. The monoisotopic (exact) mass is 381 g/mol. The van der Waals surface area contributed by atoms with Crippen molar-refractivity contribution in [2.75, 3.05) is 6.61 Å². The van der Waals surface area contributed by atoms with Crippen LogP contribution in [-0.2, 0) is 14.4 Å². The van der Waals surface area contributed by atoms with Gasteiger partial charge in [-0.1, -0.05) is 71.4 Å². The van der Waals surface area contributed by atoms with E-state index in [4.69, 9.17) is 9.02 Å². The van der Waals surface area contributed by atoms with Crippen LogP contribution in [0.4, 0.5) is 0 Å². The van der Waals surface area contributed by atoms with Crippen LogP contribution in [0.3, 0.4) is 0 Å². The Morgan fingerprint density at radius 1 is 0.852 bits per heavy atom. The molecule has 0 saturated carbocycles. The molecule has 0 unspecified atom stereocenters. The standard InChI is InChI=1S/C21H19NO4S/c1-17-12-14-20(15-13-17)27(23,24)26-22-21(18-8-4-2-5-9-18)16-25-19-10-6-3-7-11-19/h2-15H,16H2,1H3/b22-21+. The van der Waals surface area contributed by atoms with Crippen LogP contribution in [0.1, 0.15) is 11.1 Å². The second-order valence-electron chi connectivity index (χ2n) is 5.85. The third kappa shape index (κ3) is 5.18. The predicted octanol–water partition coefficient (Wildman–Crippen LogP) is 4.18. The molecular formula is C21H19NO4S. The van der Waals surface area contributed by atoms with Crippen molar-refractivity contribution in [1.82, 2.24) is 0 Å². The lowest BCUT2D eigenvalue weighted by molar-refractivity contribution is 0.326. The molecule has 0 aliphatic carbocycles. The van der Waals surface area contributed by atoms with E-state index in [1.165, 1.54) is 12.1 Å². The average molecular weight is 381 g/mol. The maximum atomic E-state index is 12.4. The minimum atomic E-state index is -4.01. The highest BCUT2D eigenvalue weighted by molar-refractivity contribution is 7.86. The molecular weight excluding hydrogens is 362 g/mol. The van der Waals surface area contributed by atoms with Gasteiger partial charge in [-0.2, -0.15) is 8.42 Å². The Hall–Kier alpha value is -3.12. The number of rotatable bonds is 7. The van der Waals surface area contributed by atoms with E-state index in [0.717, 1.165) is 5.56 Å². The van der Waals surface area contributed by atoms with Gasteiger partial charge in [-0.15, -0.1) is 0 Å². The molecule has 3 rings (SSSR count). The SMILES string of the molecule is Cc1ccc(S(=O)(=O)O/N=C(\COc2ccccc2)c2ccccc2)cc1. The quantitative estimate of drug-likeness (QED) is 0.455. The highest BCUT2D eigenvalue weighted by atomic mass is 32.2. The maximum Gasteiger partial charge on any atom is 0.358 e. The van der Waals surface area contributed by atoms with Gasteiger partial charge in [0.25, 0.3) is 0 Å². The van der Waals surface area contributed by atoms with Gasteiger partial charge in [0.1, 0.15) is 23.0 Å². The Balaban J connectivity index is 1.82. The first kappa shape index (κ1) is 18.7. The molecule has 5 nitrogen and oxygen atoms in total. The van der Waals surface area contributed by atoms with Gasteiger partial charge in [0, 0.05) is 5.56 Å². The molecule has 0 N–H and O–H groups in total. The maximum absolute atomic E-state index is 12.4. The van der Waals surface area contributed by atoms with Gasteiger partial charge in [0.15, 0.2) is 0 Å². The van der Waals surface area contributed by atoms with Gasteiger partial charge in [0.05, 0.1) is 0 Å². The Kier molecular flexibility index (Phi) is 5.88. The Bertz CT molecular complexity index is 999. The second-order valence-corrected chi connectivity index (χ2v) is 7.38. The lowest BCUT2D eigenvalue weighted by Gasteiger charge is -2.09. The molecule has 138 valence electrons. The minimum absolute atomic E-state index is 0.0493. The van der Waals surface area contributed by atoms with Crippen molar-refractivity contribution in [2.45, 2.75) is 11.8 Å². The highest BCUT2D eigenvalue weighted by Crippen LogP contribution is 2.15. The fourth-order valence-electron chi connectivity index (χ4n) is 2.30. The molecule has 0 radical (unpaired) electrons. The van der Waals surface area contributed by atoms with Crippen LogP contribution in [0.5, 0.6) is 5.75 Å². The normalized spacial score (nSPS) is 11.8. The third-order valence-corrected chi connectivity index (χ3v) is 4.90. The molecule has 3 aromatic rings. The summed E-state index contributed by atoms with van der Waals surface area (Å²) in [5.74, 6) is 0.655. The Morgan fingerprint density at radius 3 is 2.07 bits per heavy atom. The van der Waals surface area contributed by atoms with E-state index < -0.39 is 10.1 Å². The van der Waals surface area contributed by atoms with Crippen LogP contribution >= 0.6 is 0 Å². The molecule has 0 bridgehead atoms. The predicted molar refractivity (Wildman–Crippen MR) is 104 cm³/mol. The van der Waals surface area contributed by atoms with E-state index in [1.807, 2.05) is 67.6 Å². The van der Waals surface area contributed by atoms with E-state index in [2.05, 4.69) is 5.16 Å². The number of hydrogen-bond acceptors (Lipinski definition) is 5. The summed E-state index contributed by atoms with van der Waals surface area (Å²) in [6, 6.07) is 24.8. The van der Waals surface area contributed by atoms with Gasteiger partial charge in [-0.05, 0) is 31.2 Å². The molecule has 0 fully saturated rings. The van der Waals surface area contributed by atoms with E-state index in [1.54, 1.807) is 12.1 Å². The van der Waals surface area contributed by atoms with Crippen LogP contribution in [0.25, 0.3) is 0 Å². The largest absolute Gasteiger partial charge is 0.487 e. The number of oxime groups is 1. The number of ether oxygens (including phenoxy) is 1. The molecule has 0 aliphatic heterocycles. The van der Waals surface area contributed by atoms with Crippen molar-refractivity contribution in [3.05, 3.63) is 96.1 Å². The van der Waals surface area contributed by atoms with Gasteiger partial charge in [0.2, 0.25) is 0 Å². The molecule has 0 aliphatic rings. The number of hydrogen-bond donors (Lipinski definition) is 0. The van der Waals surface area contributed by atoms with Crippen molar-refractivity contribution in [1.29, 1.82) is 0 Å². The zero-order valence-electron chi connectivity index (χ0n) is 14.8. The highest BCUT2D eigenvalue weighted by Gasteiger charge is 2.16. The summed E-state index contributed by atoms with van der Waals surface area (Å²) in [6.07, 6.45) is 0. The second kappa shape index (κ2) is 8.51. The zero-order chi connectivity index (χ0) is 19.1. The lowest BCUT2D eigenvalue weighted by Crippen LogP contribution is -2.15. The third-order valence-electron chi connectivity index (χ3n) is 3.78. The van der Waals surface area contributed by atoms with Crippen molar-refractivity contribution < 1.29 is 17.4 Å². The van der Waals surface area contributed by atoms with Crippen molar-refractivity contribution in [2.24, 2.45) is 5.16 Å². The number of nitrogens with zero attached hydrogens (tertiary/aromatic N) is 1. The van der Waals surface area contributed by atoms with Crippen LogP contribution in [-0.4, -0.2) is 20.7 Å². The van der Waals surface area contributed by atoms with Gasteiger partial charge < -0.3 is 4.74 Å². The number of aryl methyl sites for hydroxylation is 1.